The molecule has 1 heterocycles. The number of amides is 2. The van der Waals surface area contributed by atoms with Crippen LogP contribution in [0.2, 0.25) is 0 Å². The van der Waals surface area contributed by atoms with Gasteiger partial charge in [-0.25, -0.2) is 4.39 Å². The van der Waals surface area contributed by atoms with Crippen LogP contribution in [-0.4, -0.2) is 29.8 Å². The minimum Gasteiger partial charge on any atom is -0.352 e. The summed E-state index contributed by atoms with van der Waals surface area (Å²) in [7, 11) is 0. The molecule has 5 heteroatoms. The van der Waals surface area contributed by atoms with Crippen molar-refractivity contribution >= 4 is 11.8 Å². The van der Waals surface area contributed by atoms with Crippen molar-refractivity contribution in [2.75, 3.05) is 13.1 Å². The molecule has 1 aromatic rings. The van der Waals surface area contributed by atoms with Crippen LogP contribution in [0.3, 0.4) is 0 Å². The van der Waals surface area contributed by atoms with E-state index in [1.54, 1.807) is 17.0 Å². The van der Waals surface area contributed by atoms with E-state index < -0.39 is 0 Å². The molecular formula is C16H21FN2O2. The summed E-state index contributed by atoms with van der Waals surface area (Å²) in [6.45, 7) is 3.68. The maximum atomic E-state index is 12.8. The van der Waals surface area contributed by atoms with Gasteiger partial charge in [-0.05, 0) is 24.1 Å². The van der Waals surface area contributed by atoms with Gasteiger partial charge < -0.3 is 10.2 Å². The highest BCUT2D eigenvalue weighted by molar-refractivity contribution is 5.89. The zero-order chi connectivity index (χ0) is 15.2. The number of benzene rings is 1. The maximum absolute atomic E-state index is 12.8. The number of carbonyl (C=O) groups is 2. The van der Waals surface area contributed by atoms with E-state index >= 15 is 0 Å². The van der Waals surface area contributed by atoms with Gasteiger partial charge in [-0.2, -0.15) is 0 Å². The molecule has 1 aromatic carbocycles. The summed E-state index contributed by atoms with van der Waals surface area (Å²) in [6, 6.07) is 6.02. The summed E-state index contributed by atoms with van der Waals surface area (Å²) in [5.41, 5.74) is 0.844. The zero-order valence-corrected chi connectivity index (χ0v) is 12.3. The first-order chi connectivity index (χ1) is 10.1. The number of unbranched alkanes of at least 4 members (excludes halogenated alkanes) is 1. The average molecular weight is 292 g/mol. The van der Waals surface area contributed by atoms with Crippen molar-refractivity contribution in [1.29, 1.82) is 0 Å². The van der Waals surface area contributed by atoms with Crippen LogP contribution in [0.1, 0.15) is 31.7 Å². The third-order valence-corrected chi connectivity index (χ3v) is 3.75. The SMILES string of the molecule is CCCCN1CC(C(=O)NCc2ccc(F)cc2)CC1=O. The second-order valence-corrected chi connectivity index (χ2v) is 5.44. The molecule has 0 spiro atoms. The second-order valence-electron chi connectivity index (χ2n) is 5.44. The monoisotopic (exact) mass is 292 g/mol. The predicted octanol–water partition coefficient (Wildman–Crippen LogP) is 2.09. The summed E-state index contributed by atoms with van der Waals surface area (Å²) in [6.07, 6.45) is 2.29. The minimum absolute atomic E-state index is 0.0605. The lowest BCUT2D eigenvalue weighted by Gasteiger charge is -2.16. The first kappa shape index (κ1) is 15.5. The fourth-order valence-electron chi connectivity index (χ4n) is 2.45. The zero-order valence-electron chi connectivity index (χ0n) is 12.3. The van der Waals surface area contributed by atoms with E-state index in [1.165, 1.54) is 12.1 Å². The van der Waals surface area contributed by atoms with E-state index in [0.29, 0.717) is 19.5 Å². The molecule has 1 fully saturated rings. The summed E-state index contributed by atoms with van der Waals surface area (Å²) < 4.78 is 12.8. The van der Waals surface area contributed by atoms with Gasteiger partial charge in [0.15, 0.2) is 0 Å². The summed E-state index contributed by atoms with van der Waals surface area (Å²) in [4.78, 5) is 25.7. The molecule has 1 N–H and O–H groups in total. The molecule has 21 heavy (non-hydrogen) atoms. The van der Waals surface area contributed by atoms with Gasteiger partial charge in [0.25, 0.3) is 0 Å². The smallest absolute Gasteiger partial charge is 0.225 e. The number of carbonyl (C=O) groups excluding carboxylic acids is 2. The van der Waals surface area contributed by atoms with Crippen molar-refractivity contribution in [3.63, 3.8) is 0 Å². The van der Waals surface area contributed by atoms with Crippen LogP contribution in [-0.2, 0) is 16.1 Å². The Hall–Kier alpha value is -1.91. The van der Waals surface area contributed by atoms with E-state index in [9.17, 15) is 14.0 Å². The van der Waals surface area contributed by atoms with E-state index in [1.807, 2.05) is 0 Å². The van der Waals surface area contributed by atoms with Gasteiger partial charge in [0.2, 0.25) is 11.8 Å². The molecule has 2 amide bonds. The van der Waals surface area contributed by atoms with Crippen molar-refractivity contribution in [2.45, 2.75) is 32.7 Å². The first-order valence-electron chi connectivity index (χ1n) is 7.40. The lowest BCUT2D eigenvalue weighted by molar-refractivity contribution is -0.129. The molecule has 1 unspecified atom stereocenters. The molecule has 0 aromatic heterocycles. The highest BCUT2D eigenvalue weighted by Gasteiger charge is 2.33. The van der Waals surface area contributed by atoms with Gasteiger partial charge in [-0.1, -0.05) is 25.5 Å². The number of nitrogens with zero attached hydrogens (tertiary/aromatic N) is 1. The van der Waals surface area contributed by atoms with Crippen molar-refractivity contribution in [1.82, 2.24) is 10.2 Å². The molecular weight excluding hydrogens is 271 g/mol. The Morgan fingerprint density at radius 1 is 1.38 bits per heavy atom. The topological polar surface area (TPSA) is 49.4 Å². The van der Waals surface area contributed by atoms with Gasteiger partial charge in [0, 0.05) is 26.1 Å². The van der Waals surface area contributed by atoms with Crippen molar-refractivity contribution in [3.05, 3.63) is 35.6 Å². The molecule has 0 bridgehead atoms. The normalized spacial score (nSPS) is 18.1. The fourth-order valence-corrected chi connectivity index (χ4v) is 2.45. The molecule has 1 atom stereocenters. The Bertz CT molecular complexity index is 502. The van der Waals surface area contributed by atoms with Crippen LogP contribution in [0.15, 0.2) is 24.3 Å². The van der Waals surface area contributed by atoms with Gasteiger partial charge in [-0.15, -0.1) is 0 Å². The van der Waals surface area contributed by atoms with Crippen molar-refractivity contribution in [2.24, 2.45) is 5.92 Å². The quantitative estimate of drug-likeness (QED) is 0.873. The van der Waals surface area contributed by atoms with Crippen LogP contribution in [0.5, 0.6) is 0 Å². The van der Waals surface area contributed by atoms with Crippen LogP contribution in [0.4, 0.5) is 4.39 Å². The predicted molar refractivity (Wildman–Crippen MR) is 77.8 cm³/mol. The molecule has 2 rings (SSSR count). The van der Waals surface area contributed by atoms with Gasteiger partial charge in [-0.3, -0.25) is 9.59 Å². The summed E-state index contributed by atoms with van der Waals surface area (Å²) in [5, 5.41) is 2.82. The van der Waals surface area contributed by atoms with Crippen molar-refractivity contribution in [3.8, 4) is 0 Å². The number of rotatable bonds is 6. The Labute approximate surface area is 124 Å². The third-order valence-electron chi connectivity index (χ3n) is 3.75. The second kappa shape index (κ2) is 7.20. The Morgan fingerprint density at radius 2 is 2.10 bits per heavy atom. The van der Waals surface area contributed by atoms with Crippen LogP contribution in [0.25, 0.3) is 0 Å². The van der Waals surface area contributed by atoms with Crippen LogP contribution < -0.4 is 5.32 Å². The molecule has 1 aliphatic rings. The summed E-state index contributed by atoms with van der Waals surface area (Å²) >= 11 is 0. The van der Waals surface area contributed by atoms with E-state index in [2.05, 4.69) is 12.2 Å². The average Bonchev–Trinajstić information content (AvgIpc) is 2.85. The Kier molecular flexibility index (Phi) is 5.31. The molecule has 4 nitrogen and oxygen atoms in total. The lowest BCUT2D eigenvalue weighted by atomic mass is 10.1. The van der Waals surface area contributed by atoms with Gasteiger partial charge >= 0.3 is 0 Å². The largest absolute Gasteiger partial charge is 0.352 e. The Balaban J connectivity index is 1.81. The Morgan fingerprint density at radius 3 is 2.76 bits per heavy atom. The van der Waals surface area contributed by atoms with Crippen LogP contribution >= 0.6 is 0 Å². The van der Waals surface area contributed by atoms with E-state index in [-0.39, 0.29) is 23.5 Å². The summed E-state index contributed by atoms with van der Waals surface area (Å²) in [5.74, 6) is -0.607. The molecule has 1 aliphatic heterocycles. The van der Waals surface area contributed by atoms with Crippen molar-refractivity contribution < 1.29 is 14.0 Å². The van der Waals surface area contributed by atoms with Gasteiger partial charge in [0.05, 0.1) is 5.92 Å². The standard InChI is InChI=1S/C16H21FN2O2/c1-2-3-8-19-11-13(9-15(19)20)16(21)18-10-12-4-6-14(17)7-5-12/h4-7,13H,2-3,8-11H2,1H3,(H,18,21). The third kappa shape index (κ3) is 4.28. The minimum atomic E-state index is -0.293. The van der Waals surface area contributed by atoms with E-state index in [4.69, 9.17) is 0 Å². The number of nitrogens with one attached hydrogen (secondary N) is 1. The molecule has 1 saturated heterocycles. The maximum Gasteiger partial charge on any atom is 0.225 e. The number of hydrogen-bond donors (Lipinski definition) is 1. The number of halogens is 1. The first-order valence-corrected chi connectivity index (χ1v) is 7.40. The van der Waals surface area contributed by atoms with Crippen LogP contribution in [0, 0.1) is 11.7 Å². The van der Waals surface area contributed by atoms with E-state index in [0.717, 1.165) is 24.9 Å². The molecule has 114 valence electrons. The highest BCUT2D eigenvalue weighted by atomic mass is 19.1. The van der Waals surface area contributed by atoms with Gasteiger partial charge in [0.1, 0.15) is 5.82 Å². The molecule has 0 saturated carbocycles. The lowest BCUT2D eigenvalue weighted by Crippen LogP contribution is -2.32. The highest BCUT2D eigenvalue weighted by Crippen LogP contribution is 2.18. The number of hydrogen-bond acceptors (Lipinski definition) is 2. The fraction of sp³-hybridized carbons (Fsp3) is 0.500. The number of likely N-dealkylation sites (tertiary alicyclic amines) is 1. The molecule has 0 radical (unpaired) electrons. The molecule has 0 aliphatic carbocycles.